The van der Waals surface area contributed by atoms with Gasteiger partial charge in [-0.2, -0.15) is 0 Å². The largest absolute Gasteiger partial charge is 0.383 e. The summed E-state index contributed by atoms with van der Waals surface area (Å²) in [7, 11) is 0. The summed E-state index contributed by atoms with van der Waals surface area (Å²) in [6, 6.07) is 40.6. The van der Waals surface area contributed by atoms with Gasteiger partial charge in [-0.1, -0.05) is 95.1 Å². The van der Waals surface area contributed by atoms with Crippen LogP contribution < -0.4 is 52.3 Å². The molecule has 0 amide bonds. The van der Waals surface area contributed by atoms with E-state index in [4.69, 9.17) is 21.4 Å². The van der Waals surface area contributed by atoms with Crippen molar-refractivity contribution in [3.05, 3.63) is 256 Å². The van der Waals surface area contributed by atoms with Crippen molar-refractivity contribution in [3.8, 4) is 0 Å². The number of carbonyl (C=O) groups excluding carboxylic acids is 4. The molecule has 4 fully saturated rings. The average Bonchev–Trinajstić information content (AvgIpc) is 0.804. The standard InChI is InChI=1S/C24H24N4O.C22H28N4O.C17H21N5O.C17H19N5O/c1-3-18-11-12-22(27-23(18)24(29)20-10-7-13-25-17(20)2)28-15-14-26-21(16-28)19-8-5-4-6-9-19;1-5-17-8-9-20(26-12-11-24-18(14-26)13-15(2)3)25-21(17)22(27)19-7-6-10-23-16(19)4;2*1-2-12-5-6-14(22-10-8-19-9-11-22)21-15(12)16(23)13-4-3-7-20-17(13)18/h3-13,21,26H,1,14-16H2,2H3;5-10,15,18,24H,1,11-14H2,2-4H3;3-7,19H,2,8-11H2,1H3,(H2,18,20);2-7,19H,1,8-11H2,(H2,18,20)/t;18-;;/m.0../s1. The molecular formula is C80H92N18O4. The van der Waals surface area contributed by atoms with Crippen LogP contribution in [0.4, 0.5) is 34.9 Å². The lowest BCUT2D eigenvalue weighted by Crippen LogP contribution is -2.51. The lowest BCUT2D eigenvalue weighted by atomic mass is 10.0. The number of pyridine rings is 8. The predicted molar refractivity (Wildman–Crippen MR) is 409 cm³/mol. The van der Waals surface area contributed by atoms with Crippen LogP contribution >= 0.6 is 0 Å². The molecule has 22 heteroatoms. The number of anilines is 6. The van der Waals surface area contributed by atoms with Crippen molar-refractivity contribution in [3.63, 3.8) is 0 Å². The Morgan fingerprint density at radius 1 is 0.461 bits per heavy atom. The zero-order chi connectivity index (χ0) is 72.1. The fourth-order valence-electron chi connectivity index (χ4n) is 12.7. The minimum absolute atomic E-state index is 0.105. The minimum Gasteiger partial charge on any atom is -0.383 e. The molecule has 0 radical (unpaired) electrons. The Balaban J connectivity index is 0.000000147. The highest BCUT2D eigenvalue weighted by Crippen LogP contribution is 2.28. The number of nitrogens with one attached hydrogen (secondary N) is 4. The first kappa shape index (κ1) is 73.7. The van der Waals surface area contributed by atoms with E-state index in [1.807, 2.05) is 75.4 Å². The molecule has 8 aromatic heterocycles. The summed E-state index contributed by atoms with van der Waals surface area (Å²) in [5, 5.41) is 13.8. The van der Waals surface area contributed by atoms with Gasteiger partial charge in [0.2, 0.25) is 23.1 Å². The number of ketones is 4. The molecule has 4 aliphatic rings. The molecule has 4 aliphatic heterocycles. The summed E-state index contributed by atoms with van der Waals surface area (Å²) < 4.78 is 0. The van der Waals surface area contributed by atoms with Gasteiger partial charge in [-0.25, -0.2) is 29.9 Å². The van der Waals surface area contributed by atoms with Gasteiger partial charge in [0, 0.05) is 168 Å². The van der Waals surface area contributed by atoms with Crippen molar-refractivity contribution in [2.75, 3.05) is 123 Å². The van der Waals surface area contributed by atoms with Crippen molar-refractivity contribution in [1.29, 1.82) is 0 Å². The van der Waals surface area contributed by atoms with Crippen LogP contribution in [0.25, 0.3) is 18.2 Å². The molecule has 0 aliphatic carbocycles. The highest BCUT2D eigenvalue weighted by atomic mass is 16.1. The molecule has 22 nitrogen and oxygen atoms in total. The van der Waals surface area contributed by atoms with Crippen LogP contribution in [0.1, 0.15) is 137 Å². The minimum atomic E-state index is -0.234. The molecule has 8 N–H and O–H groups in total. The quantitative estimate of drug-likeness (QED) is 0.0411. The maximum absolute atomic E-state index is 13.2. The molecule has 12 heterocycles. The number of nitrogen functional groups attached to an aromatic ring is 2. The Labute approximate surface area is 598 Å². The average molecular weight is 1370 g/mol. The fourth-order valence-corrected chi connectivity index (χ4v) is 12.7. The maximum atomic E-state index is 13.2. The highest BCUT2D eigenvalue weighted by molar-refractivity contribution is 6.13. The number of rotatable bonds is 19. The molecule has 9 aromatic rings. The van der Waals surface area contributed by atoms with Crippen molar-refractivity contribution in [2.24, 2.45) is 5.92 Å². The molecule has 0 saturated carbocycles. The molecule has 13 rings (SSSR count). The molecule has 102 heavy (non-hydrogen) atoms. The lowest BCUT2D eigenvalue weighted by molar-refractivity contribution is 0.102. The van der Waals surface area contributed by atoms with Gasteiger partial charge in [0.25, 0.3) is 0 Å². The van der Waals surface area contributed by atoms with Crippen LogP contribution in [0.15, 0.2) is 172 Å². The fraction of sp³-hybridized carbons (Fsp3) is 0.300. The Morgan fingerprint density at radius 2 is 0.843 bits per heavy atom. The van der Waals surface area contributed by atoms with Gasteiger partial charge in [-0.3, -0.25) is 29.1 Å². The third-order valence-electron chi connectivity index (χ3n) is 18.2. The second-order valence-corrected chi connectivity index (χ2v) is 25.5. The SMILES string of the molecule is C=Cc1ccc(N2CCNC(c3ccccc3)C2)nc1C(=O)c1cccnc1C.C=Cc1ccc(N2CCNCC2)nc1C(=O)c1cccnc1N.C=Cc1ccc(N2CCN[C@@H](CC(C)C)C2)nc1C(=O)c1cccnc1C.CCc1ccc(N2CCNCC2)nc1C(=O)c1cccnc1N. The monoisotopic (exact) mass is 1370 g/mol. The first-order valence-electron chi connectivity index (χ1n) is 34.8. The molecule has 2 atom stereocenters. The molecule has 1 unspecified atom stereocenters. The van der Waals surface area contributed by atoms with E-state index in [1.54, 1.807) is 91.5 Å². The van der Waals surface area contributed by atoms with Crippen molar-refractivity contribution < 1.29 is 19.2 Å². The summed E-state index contributed by atoms with van der Waals surface area (Å²) in [6.07, 6.45) is 13.4. The number of carbonyl (C=O) groups is 4. The van der Waals surface area contributed by atoms with Crippen LogP contribution in [0.2, 0.25) is 0 Å². The number of nitrogens with two attached hydrogens (primary N) is 2. The molecule has 0 bridgehead atoms. The van der Waals surface area contributed by atoms with Crippen LogP contribution in [-0.2, 0) is 6.42 Å². The zero-order valence-corrected chi connectivity index (χ0v) is 59.0. The number of hydrogen-bond donors (Lipinski definition) is 6. The smallest absolute Gasteiger partial charge is 0.215 e. The summed E-state index contributed by atoms with van der Waals surface area (Å²) in [5.74, 6) is 3.77. The summed E-state index contributed by atoms with van der Waals surface area (Å²) in [6.45, 7) is 34.0. The Morgan fingerprint density at radius 3 is 1.27 bits per heavy atom. The van der Waals surface area contributed by atoms with E-state index in [0.717, 1.165) is 144 Å². The van der Waals surface area contributed by atoms with Gasteiger partial charge in [-0.05, 0) is 135 Å². The van der Waals surface area contributed by atoms with E-state index in [-0.39, 0.29) is 40.8 Å². The molecule has 1 aromatic carbocycles. The van der Waals surface area contributed by atoms with Gasteiger partial charge in [0.1, 0.15) is 57.7 Å². The van der Waals surface area contributed by atoms with Gasteiger partial charge >= 0.3 is 0 Å². The van der Waals surface area contributed by atoms with Gasteiger partial charge in [-0.15, -0.1) is 0 Å². The number of nitrogens with zero attached hydrogens (tertiary/aromatic N) is 12. The van der Waals surface area contributed by atoms with E-state index < -0.39 is 0 Å². The van der Waals surface area contributed by atoms with Gasteiger partial charge < -0.3 is 52.3 Å². The van der Waals surface area contributed by atoms with Crippen molar-refractivity contribution >= 4 is 76.3 Å². The summed E-state index contributed by atoms with van der Waals surface area (Å²) in [4.78, 5) is 96.0. The topological polar surface area (TPSA) is 285 Å². The molecular weight excluding hydrogens is 1280 g/mol. The van der Waals surface area contributed by atoms with Crippen molar-refractivity contribution in [2.45, 2.75) is 59.5 Å². The Hall–Kier alpha value is -11.0. The molecule has 0 spiro atoms. The first-order valence-corrected chi connectivity index (χ1v) is 34.8. The van der Waals surface area contributed by atoms with E-state index in [9.17, 15) is 19.2 Å². The number of aromatic nitrogens is 8. The molecule has 4 saturated heterocycles. The predicted octanol–water partition coefficient (Wildman–Crippen LogP) is 9.90. The number of aryl methyl sites for hydroxylation is 3. The Bertz CT molecular complexity index is 4420. The van der Waals surface area contributed by atoms with E-state index in [1.165, 1.54) is 5.56 Å². The van der Waals surface area contributed by atoms with Crippen LogP contribution in [0.3, 0.4) is 0 Å². The van der Waals surface area contributed by atoms with E-state index in [0.29, 0.717) is 73.9 Å². The second kappa shape index (κ2) is 35.8. The second-order valence-electron chi connectivity index (χ2n) is 25.5. The third-order valence-corrected chi connectivity index (χ3v) is 18.2. The van der Waals surface area contributed by atoms with E-state index >= 15 is 0 Å². The highest BCUT2D eigenvalue weighted by Gasteiger charge is 2.28. The number of benzene rings is 1. The van der Waals surface area contributed by atoms with Crippen LogP contribution in [0, 0.1) is 19.8 Å². The van der Waals surface area contributed by atoms with Crippen LogP contribution in [0.5, 0.6) is 0 Å². The first-order chi connectivity index (χ1) is 49.6. The zero-order valence-electron chi connectivity index (χ0n) is 59.0. The number of piperazine rings is 4. The van der Waals surface area contributed by atoms with Gasteiger partial charge in [0.05, 0.1) is 11.1 Å². The number of hydrogen-bond acceptors (Lipinski definition) is 22. The van der Waals surface area contributed by atoms with E-state index in [2.05, 4.69) is 129 Å². The summed E-state index contributed by atoms with van der Waals surface area (Å²) in [5.41, 5.74) is 21.1. The van der Waals surface area contributed by atoms with Crippen LogP contribution in [-0.4, -0.2) is 161 Å². The van der Waals surface area contributed by atoms with Gasteiger partial charge in [0.15, 0.2) is 0 Å². The maximum Gasteiger partial charge on any atom is 0.215 e. The molecule has 526 valence electrons. The third kappa shape index (κ3) is 18.5. The lowest BCUT2D eigenvalue weighted by Gasteiger charge is -2.35. The normalized spacial score (nSPS) is 15.8. The summed E-state index contributed by atoms with van der Waals surface area (Å²) >= 11 is 0. The Kier molecular flexibility index (Phi) is 25.9. The van der Waals surface area contributed by atoms with Crippen molar-refractivity contribution in [1.82, 2.24) is 61.1 Å².